The van der Waals surface area contributed by atoms with Gasteiger partial charge in [0.05, 0.1) is 5.69 Å². The van der Waals surface area contributed by atoms with E-state index in [1.54, 1.807) is 0 Å². The monoisotopic (exact) mass is 355 g/mol. The molecule has 0 saturated carbocycles. The van der Waals surface area contributed by atoms with Gasteiger partial charge in [-0.15, -0.1) is 0 Å². The van der Waals surface area contributed by atoms with Crippen molar-refractivity contribution in [3.05, 3.63) is 50.4 Å². The van der Waals surface area contributed by atoms with Crippen LogP contribution in [0.1, 0.15) is 28.6 Å². The van der Waals surface area contributed by atoms with Crippen molar-refractivity contribution < 1.29 is 0 Å². The lowest BCUT2D eigenvalue weighted by atomic mass is 10.0. The van der Waals surface area contributed by atoms with E-state index >= 15 is 0 Å². The maximum absolute atomic E-state index is 6.33. The smallest absolute Gasteiger partial charge is 0.0596 e. The van der Waals surface area contributed by atoms with E-state index < -0.39 is 0 Å². The Balaban J connectivity index is 2.24. The van der Waals surface area contributed by atoms with Crippen LogP contribution in [-0.4, -0.2) is 9.78 Å². The molecule has 2 rings (SSSR count). The SMILES string of the molecule is Cc1cc(CC(N)c2cccc(C)c2I)n(C)n1. The third-order valence-corrected chi connectivity index (χ3v) is 4.62. The van der Waals surface area contributed by atoms with Gasteiger partial charge in [0.25, 0.3) is 0 Å². The first-order valence-electron chi connectivity index (χ1n) is 5.99. The number of aryl methyl sites for hydroxylation is 3. The summed E-state index contributed by atoms with van der Waals surface area (Å²) in [6.07, 6.45) is 0.816. The molecule has 1 aromatic heterocycles. The molecule has 3 nitrogen and oxygen atoms in total. The molecule has 0 saturated heterocycles. The molecule has 0 amide bonds. The van der Waals surface area contributed by atoms with E-state index in [-0.39, 0.29) is 6.04 Å². The van der Waals surface area contributed by atoms with Gasteiger partial charge in [0.2, 0.25) is 0 Å². The van der Waals surface area contributed by atoms with Crippen molar-refractivity contribution in [3.63, 3.8) is 0 Å². The third-order valence-electron chi connectivity index (χ3n) is 3.15. The molecule has 0 radical (unpaired) electrons. The van der Waals surface area contributed by atoms with E-state index in [0.717, 1.165) is 12.1 Å². The Morgan fingerprint density at radius 2 is 2.11 bits per heavy atom. The first kappa shape index (κ1) is 13.5. The topological polar surface area (TPSA) is 43.8 Å². The summed E-state index contributed by atoms with van der Waals surface area (Å²) < 4.78 is 3.18. The number of hydrogen-bond acceptors (Lipinski definition) is 2. The van der Waals surface area contributed by atoms with Gasteiger partial charge in [0, 0.05) is 28.8 Å². The van der Waals surface area contributed by atoms with E-state index in [4.69, 9.17) is 5.73 Å². The van der Waals surface area contributed by atoms with Crippen LogP contribution in [0.3, 0.4) is 0 Å². The van der Waals surface area contributed by atoms with Gasteiger partial charge in [-0.25, -0.2) is 0 Å². The summed E-state index contributed by atoms with van der Waals surface area (Å²) in [4.78, 5) is 0. The molecule has 0 aliphatic heterocycles. The molecule has 4 heteroatoms. The first-order valence-corrected chi connectivity index (χ1v) is 7.07. The molecule has 1 unspecified atom stereocenters. The number of nitrogens with zero attached hydrogens (tertiary/aromatic N) is 2. The second-order valence-corrected chi connectivity index (χ2v) is 5.77. The number of rotatable bonds is 3. The fourth-order valence-corrected chi connectivity index (χ4v) is 2.91. The van der Waals surface area contributed by atoms with Crippen LogP contribution in [0, 0.1) is 17.4 Å². The standard InChI is InChI=1S/C14H18IN3/c1-9-5-4-6-12(14(9)15)13(16)8-11-7-10(2)17-18(11)3/h4-7,13H,8,16H2,1-3H3. The zero-order valence-electron chi connectivity index (χ0n) is 10.9. The lowest BCUT2D eigenvalue weighted by Crippen LogP contribution is -2.17. The Bertz CT molecular complexity index is 560. The summed E-state index contributed by atoms with van der Waals surface area (Å²) in [5.74, 6) is 0. The van der Waals surface area contributed by atoms with Crippen molar-refractivity contribution in [3.8, 4) is 0 Å². The summed E-state index contributed by atoms with van der Waals surface area (Å²) in [6, 6.07) is 8.42. The number of benzene rings is 1. The molecule has 2 aromatic rings. The van der Waals surface area contributed by atoms with Crippen LogP contribution in [-0.2, 0) is 13.5 Å². The molecule has 1 heterocycles. The summed E-state index contributed by atoms with van der Waals surface area (Å²) in [5.41, 5.74) is 11.0. The number of hydrogen-bond donors (Lipinski definition) is 1. The Kier molecular flexibility index (Phi) is 4.07. The fourth-order valence-electron chi connectivity index (χ4n) is 2.15. The van der Waals surface area contributed by atoms with Gasteiger partial charge in [0.15, 0.2) is 0 Å². The Hall–Kier alpha value is -0.880. The van der Waals surface area contributed by atoms with Gasteiger partial charge in [-0.2, -0.15) is 5.10 Å². The van der Waals surface area contributed by atoms with Crippen molar-refractivity contribution in [1.82, 2.24) is 9.78 Å². The third kappa shape index (κ3) is 2.75. The van der Waals surface area contributed by atoms with Crippen molar-refractivity contribution in [2.75, 3.05) is 0 Å². The lowest BCUT2D eigenvalue weighted by Gasteiger charge is -2.15. The highest BCUT2D eigenvalue weighted by Crippen LogP contribution is 2.24. The second kappa shape index (κ2) is 5.40. The molecule has 0 bridgehead atoms. The summed E-state index contributed by atoms with van der Waals surface area (Å²) in [6.45, 7) is 4.12. The zero-order valence-corrected chi connectivity index (χ0v) is 13.1. The molecule has 2 N–H and O–H groups in total. The predicted molar refractivity (Wildman–Crippen MR) is 82.5 cm³/mol. The normalized spacial score (nSPS) is 12.7. The largest absolute Gasteiger partial charge is 0.324 e. The second-order valence-electron chi connectivity index (χ2n) is 4.69. The Labute approximate surface area is 122 Å². The Morgan fingerprint density at radius 1 is 1.39 bits per heavy atom. The summed E-state index contributed by atoms with van der Waals surface area (Å²) in [7, 11) is 1.97. The molecule has 0 spiro atoms. The molecule has 1 atom stereocenters. The quantitative estimate of drug-likeness (QED) is 0.861. The minimum absolute atomic E-state index is 0.0200. The van der Waals surface area contributed by atoms with Gasteiger partial charge in [0.1, 0.15) is 0 Å². The maximum atomic E-state index is 6.33. The molecule has 18 heavy (non-hydrogen) atoms. The van der Waals surface area contributed by atoms with E-state index in [2.05, 4.69) is 58.9 Å². The van der Waals surface area contributed by atoms with E-state index in [9.17, 15) is 0 Å². The van der Waals surface area contributed by atoms with Crippen molar-refractivity contribution in [2.24, 2.45) is 12.8 Å². The molecular formula is C14H18IN3. The summed E-state index contributed by atoms with van der Waals surface area (Å²) in [5, 5.41) is 4.36. The van der Waals surface area contributed by atoms with Crippen LogP contribution >= 0.6 is 22.6 Å². The minimum atomic E-state index is 0.0200. The number of nitrogens with two attached hydrogens (primary N) is 1. The fraction of sp³-hybridized carbons (Fsp3) is 0.357. The molecular weight excluding hydrogens is 337 g/mol. The average Bonchev–Trinajstić information content (AvgIpc) is 2.61. The van der Waals surface area contributed by atoms with Crippen molar-refractivity contribution in [2.45, 2.75) is 26.3 Å². The van der Waals surface area contributed by atoms with Crippen LogP contribution in [0.25, 0.3) is 0 Å². The van der Waals surface area contributed by atoms with Gasteiger partial charge in [-0.05, 0) is 53.6 Å². The number of halogens is 1. The van der Waals surface area contributed by atoms with Gasteiger partial charge >= 0.3 is 0 Å². The van der Waals surface area contributed by atoms with Crippen LogP contribution in [0.2, 0.25) is 0 Å². The highest BCUT2D eigenvalue weighted by molar-refractivity contribution is 14.1. The van der Waals surface area contributed by atoms with Gasteiger partial charge in [-0.1, -0.05) is 18.2 Å². The highest BCUT2D eigenvalue weighted by atomic mass is 127. The molecule has 1 aromatic carbocycles. The van der Waals surface area contributed by atoms with Crippen LogP contribution in [0.5, 0.6) is 0 Å². The first-order chi connectivity index (χ1) is 8.49. The summed E-state index contributed by atoms with van der Waals surface area (Å²) >= 11 is 2.37. The van der Waals surface area contributed by atoms with E-state index in [1.165, 1.54) is 20.4 Å². The van der Waals surface area contributed by atoms with Gasteiger partial charge < -0.3 is 5.73 Å². The minimum Gasteiger partial charge on any atom is -0.324 e. The zero-order chi connectivity index (χ0) is 13.3. The average molecular weight is 355 g/mol. The van der Waals surface area contributed by atoms with E-state index in [1.807, 2.05) is 18.7 Å². The highest BCUT2D eigenvalue weighted by Gasteiger charge is 2.14. The van der Waals surface area contributed by atoms with Crippen LogP contribution < -0.4 is 5.73 Å². The lowest BCUT2D eigenvalue weighted by molar-refractivity contribution is 0.638. The van der Waals surface area contributed by atoms with Crippen molar-refractivity contribution in [1.29, 1.82) is 0 Å². The maximum Gasteiger partial charge on any atom is 0.0596 e. The van der Waals surface area contributed by atoms with Crippen LogP contribution in [0.15, 0.2) is 24.3 Å². The molecule has 96 valence electrons. The number of aromatic nitrogens is 2. The van der Waals surface area contributed by atoms with Crippen LogP contribution in [0.4, 0.5) is 0 Å². The molecule has 0 aliphatic rings. The Morgan fingerprint density at radius 3 is 2.72 bits per heavy atom. The predicted octanol–water partition coefficient (Wildman–Crippen LogP) is 2.88. The molecule has 0 aliphatic carbocycles. The van der Waals surface area contributed by atoms with E-state index in [0.29, 0.717) is 0 Å². The van der Waals surface area contributed by atoms with Crippen molar-refractivity contribution >= 4 is 22.6 Å². The van der Waals surface area contributed by atoms with Gasteiger partial charge in [-0.3, -0.25) is 4.68 Å². The molecule has 0 fully saturated rings.